The largest absolute Gasteiger partial charge is 0.484 e. The predicted octanol–water partition coefficient (Wildman–Crippen LogP) is 8.03. The van der Waals surface area contributed by atoms with Gasteiger partial charge in [-0.2, -0.15) is 0 Å². The number of carbonyl (C=O) groups is 2. The molecular formula is C36H30ClN3O3. The number of carbonyl (C=O) groups excluding carboxylic acids is 2. The van der Waals surface area contributed by atoms with Gasteiger partial charge >= 0.3 is 0 Å². The first-order valence-corrected chi connectivity index (χ1v) is 14.4. The van der Waals surface area contributed by atoms with Gasteiger partial charge in [0.15, 0.2) is 6.61 Å². The molecule has 0 fully saturated rings. The van der Waals surface area contributed by atoms with Crippen molar-refractivity contribution in [2.24, 2.45) is 0 Å². The van der Waals surface area contributed by atoms with Crippen LogP contribution < -0.4 is 19.9 Å². The zero-order chi connectivity index (χ0) is 29.8. The Balaban J connectivity index is 1.32. The Morgan fingerprint density at radius 2 is 1.49 bits per heavy atom. The number of halogens is 1. The summed E-state index contributed by atoms with van der Waals surface area (Å²) in [5.41, 5.74) is 6.03. The normalized spacial score (nSPS) is 14.3. The smallest absolute Gasteiger partial charge is 0.262 e. The van der Waals surface area contributed by atoms with Crippen molar-refractivity contribution in [1.29, 1.82) is 0 Å². The molecule has 0 radical (unpaired) electrons. The summed E-state index contributed by atoms with van der Waals surface area (Å²) in [4.78, 5) is 30.7. The summed E-state index contributed by atoms with van der Waals surface area (Å²) < 4.78 is 5.80. The highest BCUT2D eigenvalue weighted by molar-refractivity contribution is 6.33. The van der Waals surface area contributed by atoms with Gasteiger partial charge in [0.1, 0.15) is 11.9 Å². The minimum absolute atomic E-state index is 0.0645. The van der Waals surface area contributed by atoms with Gasteiger partial charge in [0.05, 0.1) is 22.0 Å². The summed E-state index contributed by atoms with van der Waals surface area (Å²) in [5, 5.41) is 3.23. The summed E-state index contributed by atoms with van der Waals surface area (Å²) in [6, 6.07) is 40.6. The average molecular weight is 588 g/mol. The van der Waals surface area contributed by atoms with Crippen LogP contribution in [0.3, 0.4) is 0 Å². The third kappa shape index (κ3) is 6.10. The number of hydrogen-bond donors (Lipinski definition) is 1. The fourth-order valence-electron chi connectivity index (χ4n) is 5.30. The molecule has 0 unspecified atom stereocenters. The molecule has 7 heteroatoms. The van der Waals surface area contributed by atoms with Crippen molar-refractivity contribution in [3.05, 3.63) is 155 Å². The van der Waals surface area contributed by atoms with Gasteiger partial charge < -0.3 is 15.0 Å². The average Bonchev–Trinajstić information content (AvgIpc) is 3.04. The molecule has 1 aliphatic heterocycles. The number of amides is 2. The van der Waals surface area contributed by atoms with Gasteiger partial charge in [0.2, 0.25) is 0 Å². The maximum absolute atomic E-state index is 14.1. The lowest BCUT2D eigenvalue weighted by Crippen LogP contribution is -2.49. The van der Waals surface area contributed by atoms with E-state index in [1.807, 2.05) is 103 Å². The lowest BCUT2D eigenvalue weighted by Gasteiger charge is -2.46. The summed E-state index contributed by atoms with van der Waals surface area (Å²) in [6.45, 7) is 2.46. The molecule has 0 spiro atoms. The monoisotopic (exact) mass is 587 g/mol. The quantitative estimate of drug-likeness (QED) is 0.200. The highest BCUT2D eigenvalue weighted by Crippen LogP contribution is 2.42. The topological polar surface area (TPSA) is 61.9 Å². The molecule has 0 aliphatic carbocycles. The molecule has 214 valence electrons. The van der Waals surface area contributed by atoms with Crippen molar-refractivity contribution in [3.63, 3.8) is 0 Å². The third-order valence-corrected chi connectivity index (χ3v) is 7.74. The highest BCUT2D eigenvalue weighted by Gasteiger charge is 2.39. The predicted molar refractivity (Wildman–Crippen MR) is 172 cm³/mol. The van der Waals surface area contributed by atoms with Crippen LogP contribution in [0.15, 0.2) is 127 Å². The summed E-state index contributed by atoms with van der Waals surface area (Å²) in [6.07, 6.45) is -0.428. The van der Waals surface area contributed by atoms with Crippen LogP contribution in [-0.4, -0.2) is 18.4 Å². The number of rotatable bonds is 8. The van der Waals surface area contributed by atoms with E-state index in [4.69, 9.17) is 16.3 Å². The van der Waals surface area contributed by atoms with Crippen molar-refractivity contribution in [2.75, 3.05) is 21.7 Å². The van der Waals surface area contributed by atoms with E-state index < -0.39 is 6.17 Å². The minimum atomic E-state index is -0.428. The Kier molecular flexibility index (Phi) is 8.11. The molecule has 1 N–H and O–H groups in total. The first-order chi connectivity index (χ1) is 21.0. The summed E-state index contributed by atoms with van der Waals surface area (Å²) >= 11 is 6.16. The maximum atomic E-state index is 14.1. The standard InChI is InChI=1S/C36H30ClN3O3/c1-25-15-19-28(20-16-25)40-35(39(23-26-9-3-2-4-10-26)33-14-8-5-11-30(33)36(40)42)27-17-21-29(22-18-27)43-24-34(41)38-32-13-7-6-12-31(32)37/h2-22,35H,23-24H2,1H3,(H,38,41)/t35-/m0/s1. The molecule has 0 aromatic heterocycles. The Bertz CT molecular complexity index is 1740. The molecule has 6 rings (SSSR count). The molecule has 2 amide bonds. The van der Waals surface area contributed by atoms with E-state index in [2.05, 4.69) is 22.3 Å². The van der Waals surface area contributed by atoms with E-state index in [1.54, 1.807) is 24.3 Å². The van der Waals surface area contributed by atoms with Gasteiger partial charge in [-0.15, -0.1) is 0 Å². The Hall–Kier alpha value is -5.07. The van der Waals surface area contributed by atoms with E-state index in [0.717, 1.165) is 28.1 Å². The number of nitrogens with zero attached hydrogens (tertiary/aromatic N) is 2. The molecule has 6 nitrogen and oxygen atoms in total. The number of nitrogens with one attached hydrogen (secondary N) is 1. The van der Waals surface area contributed by atoms with E-state index in [-0.39, 0.29) is 18.4 Å². The van der Waals surface area contributed by atoms with Crippen LogP contribution in [0.25, 0.3) is 0 Å². The van der Waals surface area contributed by atoms with Crippen LogP contribution in [0.1, 0.15) is 33.2 Å². The van der Waals surface area contributed by atoms with E-state index >= 15 is 0 Å². The fraction of sp³-hybridized carbons (Fsp3) is 0.111. The molecule has 1 atom stereocenters. The molecule has 0 bridgehead atoms. The SMILES string of the molecule is Cc1ccc(N2C(=O)c3ccccc3N(Cc3ccccc3)[C@@H]2c2ccc(OCC(=O)Nc3ccccc3Cl)cc2)cc1. The van der Waals surface area contributed by atoms with Crippen molar-refractivity contribution >= 4 is 40.5 Å². The second-order valence-electron chi connectivity index (χ2n) is 10.4. The Labute approximate surface area is 256 Å². The first kappa shape index (κ1) is 28.1. The molecule has 5 aromatic carbocycles. The van der Waals surface area contributed by atoms with Gasteiger partial charge in [0.25, 0.3) is 11.8 Å². The van der Waals surface area contributed by atoms with E-state index in [1.165, 1.54) is 0 Å². The molecule has 0 saturated heterocycles. The van der Waals surface area contributed by atoms with Gasteiger partial charge in [-0.05, 0) is 66.6 Å². The van der Waals surface area contributed by atoms with E-state index in [9.17, 15) is 9.59 Å². The second kappa shape index (κ2) is 12.4. The zero-order valence-corrected chi connectivity index (χ0v) is 24.4. The number of ether oxygens (including phenoxy) is 1. The van der Waals surface area contributed by atoms with Gasteiger partial charge in [-0.1, -0.05) is 96.0 Å². The number of anilines is 3. The molecule has 1 heterocycles. The Morgan fingerprint density at radius 1 is 0.814 bits per heavy atom. The molecule has 43 heavy (non-hydrogen) atoms. The van der Waals surface area contributed by atoms with Crippen molar-refractivity contribution in [3.8, 4) is 5.75 Å². The Morgan fingerprint density at radius 3 is 2.23 bits per heavy atom. The van der Waals surface area contributed by atoms with Gasteiger partial charge in [-0.25, -0.2) is 0 Å². The first-order valence-electron chi connectivity index (χ1n) is 14.0. The van der Waals surface area contributed by atoms with Crippen LogP contribution >= 0.6 is 11.6 Å². The number of benzene rings is 5. The van der Waals surface area contributed by atoms with Gasteiger partial charge in [0, 0.05) is 12.2 Å². The van der Waals surface area contributed by atoms with E-state index in [0.29, 0.717) is 28.6 Å². The van der Waals surface area contributed by atoms with Gasteiger partial charge in [-0.3, -0.25) is 14.5 Å². The van der Waals surface area contributed by atoms with Crippen LogP contribution in [0.2, 0.25) is 5.02 Å². The summed E-state index contributed by atoms with van der Waals surface area (Å²) in [7, 11) is 0. The zero-order valence-electron chi connectivity index (χ0n) is 23.6. The molecule has 0 saturated carbocycles. The lowest BCUT2D eigenvalue weighted by molar-refractivity contribution is -0.118. The maximum Gasteiger partial charge on any atom is 0.262 e. The molecule has 5 aromatic rings. The van der Waals surface area contributed by atoms with Crippen LogP contribution in [-0.2, 0) is 11.3 Å². The third-order valence-electron chi connectivity index (χ3n) is 7.41. The minimum Gasteiger partial charge on any atom is -0.484 e. The fourth-order valence-corrected chi connectivity index (χ4v) is 5.48. The molecular weight excluding hydrogens is 558 g/mol. The van der Waals surface area contributed by atoms with Crippen LogP contribution in [0, 0.1) is 6.92 Å². The number of hydrogen-bond acceptors (Lipinski definition) is 4. The number of aryl methyl sites for hydroxylation is 1. The van der Waals surface area contributed by atoms with Crippen LogP contribution in [0.5, 0.6) is 5.75 Å². The number of fused-ring (bicyclic) bond motifs is 1. The van der Waals surface area contributed by atoms with Crippen molar-refractivity contribution in [1.82, 2.24) is 0 Å². The van der Waals surface area contributed by atoms with Crippen molar-refractivity contribution < 1.29 is 14.3 Å². The highest BCUT2D eigenvalue weighted by atomic mass is 35.5. The van der Waals surface area contributed by atoms with Crippen LogP contribution in [0.4, 0.5) is 17.1 Å². The lowest BCUT2D eigenvalue weighted by atomic mass is 9.99. The van der Waals surface area contributed by atoms with Crippen molar-refractivity contribution in [2.45, 2.75) is 19.6 Å². The number of para-hydroxylation sites is 2. The molecule has 1 aliphatic rings. The second-order valence-corrected chi connectivity index (χ2v) is 10.8. The summed E-state index contributed by atoms with van der Waals surface area (Å²) in [5.74, 6) is 0.161.